The number of rotatable bonds is 7. The largest absolute Gasteiger partial charge is 0.480 e. The summed E-state index contributed by atoms with van der Waals surface area (Å²) in [6, 6.07) is 6.13. The summed E-state index contributed by atoms with van der Waals surface area (Å²) in [6.45, 7) is 0. The smallest absolute Gasteiger partial charge is 0.326 e. The van der Waals surface area contributed by atoms with E-state index in [4.69, 9.17) is 10.8 Å². The van der Waals surface area contributed by atoms with Crippen LogP contribution in [0.1, 0.15) is 18.4 Å². The molecule has 0 saturated carbocycles. The fourth-order valence-corrected chi connectivity index (χ4v) is 1.96. The Bertz CT molecular complexity index is 572. The van der Waals surface area contributed by atoms with Crippen molar-refractivity contribution in [2.75, 3.05) is 0 Å². The highest BCUT2D eigenvalue weighted by Gasteiger charge is 2.19. The molecule has 0 bridgehead atoms. The summed E-state index contributed by atoms with van der Waals surface area (Å²) >= 11 is 3.33. The van der Waals surface area contributed by atoms with Crippen molar-refractivity contribution in [3.8, 4) is 0 Å². The molecule has 2 amide bonds. The second-order valence-electron chi connectivity index (χ2n) is 4.26. The predicted molar refractivity (Wildman–Crippen MR) is 81.2 cm³/mol. The quantitative estimate of drug-likeness (QED) is 0.641. The maximum absolute atomic E-state index is 11.7. The molecule has 0 radical (unpaired) electrons. The average Bonchev–Trinajstić information content (AvgIpc) is 2.42. The maximum atomic E-state index is 11.7. The maximum Gasteiger partial charge on any atom is 0.326 e. The van der Waals surface area contributed by atoms with Crippen molar-refractivity contribution < 1.29 is 19.5 Å². The molecule has 0 aromatic heterocycles. The van der Waals surface area contributed by atoms with Crippen LogP contribution in [-0.4, -0.2) is 28.9 Å². The Morgan fingerprint density at radius 2 is 2.00 bits per heavy atom. The van der Waals surface area contributed by atoms with Gasteiger partial charge in [-0.05, 0) is 24.1 Å². The van der Waals surface area contributed by atoms with Gasteiger partial charge in [-0.25, -0.2) is 4.79 Å². The lowest BCUT2D eigenvalue weighted by atomic mass is 10.1. The van der Waals surface area contributed by atoms with E-state index in [1.54, 1.807) is 12.1 Å². The molecule has 1 atom stereocenters. The van der Waals surface area contributed by atoms with E-state index in [0.717, 1.165) is 10.0 Å². The molecule has 21 heavy (non-hydrogen) atoms. The van der Waals surface area contributed by atoms with Crippen molar-refractivity contribution >= 4 is 39.8 Å². The fourth-order valence-electron chi connectivity index (χ4n) is 1.54. The molecule has 0 saturated heterocycles. The van der Waals surface area contributed by atoms with Crippen LogP contribution in [0.15, 0.2) is 34.8 Å². The van der Waals surface area contributed by atoms with Crippen LogP contribution in [-0.2, 0) is 14.4 Å². The van der Waals surface area contributed by atoms with Crippen LogP contribution in [0.2, 0.25) is 0 Å². The van der Waals surface area contributed by atoms with E-state index in [1.165, 1.54) is 6.08 Å². The first kappa shape index (κ1) is 16.9. The molecular formula is C14H15BrN2O4. The topological polar surface area (TPSA) is 109 Å². The standard InChI is InChI=1S/C14H15BrN2O4/c15-10-4-2-1-3-9(10)5-8-13(19)17-11(14(20)21)6-7-12(16)18/h1-5,8,11H,6-7H2,(H2,16,18)(H,17,19)(H,20,21)/b8-5+. The Morgan fingerprint density at radius 3 is 2.57 bits per heavy atom. The summed E-state index contributed by atoms with van der Waals surface area (Å²) in [7, 11) is 0. The third-order valence-corrected chi connectivity index (χ3v) is 3.34. The van der Waals surface area contributed by atoms with Gasteiger partial charge in [0.1, 0.15) is 6.04 Å². The van der Waals surface area contributed by atoms with Crippen molar-refractivity contribution in [2.45, 2.75) is 18.9 Å². The zero-order chi connectivity index (χ0) is 15.8. The van der Waals surface area contributed by atoms with E-state index in [2.05, 4.69) is 21.2 Å². The monoisotopic (exact) mass is 354 g/mol. The summed E-state index contributed by atoms with van der Waals surface area (Å²) in [5.41, 5.74) is 5.75. The van der Waals surface area contributed by atoms with Crippen molar-refractivity contribution in [2.24, 2.45) is 5.73 Å². The SMILES string of the molecule is NC(=O)CCC(NC(=O)/C=C/c1ccccc1Br)C(=O)O. The number of amides is 2. The summed E-state index contributed by atoms with van der Waals surface area (Å²) in [6.07, 6.45) is 2.65. The van der Waals surface area contributed by atoms with Gasteiger partial charge in [-0.15, -0.1) is 0 Å². The van der Waals surface area contributed by atoms with E-state index in [1.807, 2.05) is 18.2 Å². The number of primary amides is 1. The van der Waals surface area contributed by atoms with E-state index in [0.29, 0.717) is 0 Å². The third kappa shape index (κ3) is 6.22. The lowest BCUT2D eigenvalue weighted by Gasteiger charge is -2.11. The molecule has 0 aliphatic heterocycles. The number of nitrogens with two attached hydrogens (primary N) is 1. The van der Waals surface area contributed by atoms with Crippen LogP contribution in [0.4, 0.5) is 0 Å². The summed E-state index contributed by atoms with van der Waals surface area (Å²) in [4.78, 5) is 33.3. The fraction of sp³-hybridized carbons (Fsp3) is 0.214. The van der Waals surface area contributed by atoms with Crippen LogP contribution < -0.4 is 11.1 Å². The van der Waals surface area contributed by atoms with Gasteiger partial charge in [0.2, 0.25) is 11.8 Å². The molecule has 6 nitrogen and oxygen atoms in total. The molecule has 4 N–H and O–H groups in total. The summed E-state index contributed by atoms with van der Waals surface area (Å²) < 4.78 is 0.817. The number of nitrogens with one attached hydrogen (secondary N) is 1. The van der Waals surface area contributed by atoms with Gasteiger partial charge in [0, 0.05) is 17.0 Å². The van der Waals surface area contributed by atoms with Crippen molar-refractivity contribution in [1.29, 1.82) is 0 Å². The van der Waals surface area contributed by atoms with Crippen molar-refractivity contribution in [1.82, 2.24) is 5.32 Å². The van der Waals surface area contributed by atoms with E-state index >= 15 is 0 Å². The van der Waals surface area contributed by atoms with Gasteiger partial charge in [0.15, 0.2) is 0 Å². The number of hydrogen-bond donors (Lipinski definition) is 3. The van der Waals surface area contributed by atoms with Crippen LogP contribution >= 0.6 is 15.9 Å². The van der Waals surface area contributed by atoms with Crippen molar-refractivity contribution in [3.05, 3.63) is 40.4 Å². The van der Waals surface area contributed by atoms with Gasteiger partial charge in [-0.2, -0.15) is 0 Å². The van der Waals surface area contributed by atoms with Crippen LogP contribution in [0.25, 0.3) is 6.08 Å². The Labute approximate surface area is 130 Å². The number of carbonyl (C=O) groups is 3. The molecule has 7 heteroatoms. The molecule has 1 unspecified atom stereocenters. The molecule has 0 heterocycles. The van der Waals surface area contributed by atoms with Crippen molar-refractivity contribution in [3.63, 3.8) is 0 Å². The first-order chi connectivity index (χ1) is 9.90. The molecule has 0 aliphatic rings. The molecule has 0 spiro atoms. The van der Waals surface area contributed by atoms with Gasteiger partial charge in [0.25, 0.3) is 0 Å². The van der Waals surface area contributed by atoms with E-state index in [-0.39, 0.29) is 12.8 Å². The summed E-state index contributed by atoms with van der Waals surface area (Å²) in [5, 5.41) is 11.3. The Balaban J connectivity index is 2.64. The molecule has 112 valence electrons. The molecule has 0 aliphatic carbocycles. The lowest BCUT2D eigenvalue weighted by molar-refractivity contribution is -0.141. The van der Waals surface area contributed by atoms with Gasteiger partial charge in [-0.1, -0.05) is 34.1 Å². The van der Waals surface area contributed by atoms with Gasteiger partial charge in [0.05, 0.1) is 0 Å². The first-order valence-electron chi connectivity index (χ1n) is 6.14. The second kappa shape index (κ2) is 8.21. The number of hydrogen-bond acceptors (Lipinski definition) is 3. The Hall–Kier alpha value is -2.15. The van der Waals surface area contributed by atoms with Gasteiger partial charge < -0.3 is 16.2 Å². The second-order valence-corrected chi connectivity index (χ2v) is 5.11. The van der Waals surface area contributed by atoms with E-state index < -0.39 is 23.8 Å². The molecular weight excluding hydrogens is 340 g/mol. The van der Waals surface area contributed by atoms with Crippen LogP contribution in [0, 0.1) is 0 Å². The highest BCUT2D eigenvalue weighted by molar-refractivity contribution is 9.10. The summed E-state index contributed by atoms with van der Waals surface area (Å²) in [5.74, 6) is -2.37. The average molecular weight is 355 g/mol. The minimum Gasteiger partial charge on any atom is -0.480 e. The number of carbonyl (C=O) groups excluding carboxylic acids is 2. The van der Waals surface area contributed by atoms with Gasteiger partial charge in [-0.3, -0.25) is 9.59 Å². The van der Waals surface area contributed by atoms with Crippen LogP contribution in [0.3, 0.4) is 0 Å². The van der Waals surface area contributed by atoms with Crippen LogP contribution in [0.5, 0.6) is 0 Å². The number of carboxylic acids is 1. The number of benzene rings is 1. The predicted octanol–water partition coefficient (Wildman–Crippen LogP) is 1.30. The third-order valence-electron chi connectivity index (χ3n) is 2.61. The minimum absolute atomic E-state index is 0.0424. The normalized spacial score (nSPS) is 12.0. The molecule has 1 aromatic carbocycles. The number of halogens is 1. The lowest BCUT2D eigenvalue weighted by Crippen LogP contribution is -2.40. The Kier molecular flexibility index (Phi) is 6.61. The highest BCUT2D eigenvalue weighted by atomic mass is 79.9. The van der Waals surface area contributed by atoms with E-state index in [9.17, 15) is 14.4 Å². The zero-order valence-corrected chi connectivity index (χ0v) is 12.7. The van der Waals surface area contributed by atoms with Gasteiger partial charge >= 0.3 is 5.97 Å². The number of aliphatic carboxylic acids is 1. The molecule has 1 aromatic rings. The zero-order valence-electron chi connectivity index (χ0n) is 11.1. The number of carboxylic acid groups (broad SMARTS) is 1. The molecule has 1 rings (SSSR count). The highest BCUT2D eigenvalue weighted by Crippen LogP contribution is 2.16. The molecule has 0 fully saturated rings. The Morgan fingerprint density at radius 1 is 1.33 bits per heavy atom. The first-order valence-corrected chi connectivity index (χ1v) is 6.93. The minimum atomic E-state index is -1.21.